The Morgan fingerprint density at radius 1 is 0.886 bits per heavy atom. The first-order valence-electron chi connectivity index (χ1n) is 10.8. The molecule has 35 heavy (non-hydrogen) atoms. The summed E-state index contributed by atoms with van der Waals surface area (Å²) in [5.41, 5.74) is 4.36. The van der Waals surface area contributed by atoms with E-state index >= 15 is 0 Å². The van der Waals surface area contributed by atoms with Gasteiger partial charge < -0.3 is 20.5 Å². The van der Waals surface area contributed by atoms with Gasteiger partial charge in [-0.2, -0.15) is 8.78 Å². The molecule has 0 radical (unpaired) electrons. The van der Waals surface area contributed by atoms with Crippen LogP contribution in [0, 0.1) is 0 Å². The van der Waals surface area contributed by atoms with Crippen LogP contribution < -0.4 is 10.6 Å². The van der Waals surface area contributed by atoms with Crippen molar-refractivity contribution in [2.75, 3.05) is 13.2 Å². The van der Waals surface area contributed by atoms with E-state index in [1.54, 1.807) is 0 Å². The van der Waals surface area contributed by atoms with Crippen LogP contribution >= 0.6 is 0 Å². The van der Waals surface area contributed by atoms with Crippen LogP contribution in [0.15, 0.2) is 72.8 Å². The van der Waals surface area contributed by atoms with Crippen LogP contribution in [0.1, 0.15) is 33.0 Å². The normalized spacial score (nSPS) is 12.4. The molecule has 3 aromatic rings. The van der Waals surface area contributed by atoms with Crippen molar-refractivity contribution < 1.29 is 33.0 Å². The highest BCUT2D eigenvalue weighted by molar-refractivity contribution is 5.88. The highest BCUT2D eigenvalue weighted by atomic mass is 19.3. The number of carbonyl (C=O) groups is 3. The van der Waals surface area contributed by atoms with Crippen LogP contribution in [0.5, 0.6) is 0 Å². The quantitative estimate of drug-likeness (QED) is 0.449. The second-order valence-corrected chi connectivity index (χ2v) is 8.07. The SMILES string of the molecule is O=C(NCC(F)(F)C(=O)NCc1cccc(C(=O)O)c1)OCC1c2ccccc2-c2ccccc21. The van der Waals surface area contributed by atoms with E-state index in [4.69, 9.17) is 9.84 Å². The molecule has 3 N–H and O–H groups in total. The second-order valence-electron chi connectivity index (χ2n) is 8.07. The minimum atomic E-state index is -3.89. The summed E-state index contributed by atoms with van der Waals surface area (Å²) in [6.45, 7) is -1.58. The molecule has 0 heterocycles. The van der Waals surface area contributed by atoms with Gasteiger partial charge in [0.2, 0.25) is 0 Å². The first-order chi connectivity index (χ1) is 16.8. The summed E-state index contributed by atoms with van der Waals surface area (Å²) in [4.78, 5) is 35.1. The summed E-state index contributed by atoms with van der Waals surface area (Å²) < 4.78 is 33.7. The lowest BCUT2D eigenvalue weighted by molar-refractivity contribution is -0.144. The Bertz CT molecular complexity index is 1230. The summed E-state index contributed by atoms with van der Waals surface area (Å²) in [7, 11) is 0. The molecule has 0 saturated carbocycles. The van der Waals surface area contributed by atoms with Crippen molar-refractivity contribution in [2.24, 2.45) is 0 Å². The van der Waals surface area contributed by atoms with Gasteiger partial charge in [0.1, 0.15) is 6.61 Å². The zero-order valence-corrected chi connectivity index (χ0v) is 18.5. The van der Waals surface area contributed by atoms with Crippen molar-refractivity contribution in [2.45, 2.75) is 18.4 Å². The Morgan fingerprint density at radius 2 is 1.51 bits per heavy atom. The molecule has 0 bridgehead atoms. The zero-order chi connectivity index (χ0) is 25.0. The van der Waals surface area contributed by atoms with Crippen molar-refractivity contribution in [3.05, 3.63) is 95.1 Å². The maximum absolute atomic E-state index is 14.2. The molecule has 0 atom stereocenters. The molecule has 1 aliphatic carbocycles. The molecule has 180 valence electrons. The summed E-state index contributed by atoms with van der Waals surface area (Å²) in [6, 6.07) is 21.0. The van der Waals surface area contributed by atoms with Crippen molar-refractivity contribution in [1.29, 1.82) is 0 Å². The maximum atomic E-state index is 14.2. The molecule has 1 aliphatic rings. The van der Waals surface area contributed by atoms with Crippen LogP contribution in [-0.4, -0.2) is 42.2 Å². The highest BCUT2D eigenvalue weighted by Gasteiger charge is 2.39. The van der Waals surface area contributed by atoms with Gasteiger partial charge in [0.05, 0.1) is 12.1 Å². The van der Waals surface area contributed by atoms with E-state index in [9.17, 15) is 23.2 Å². The first-order valence-corrected chi connectivity index (χ1v) is 10.8. The predicted octanol–water partition coefficient (Wildman–Crippen LogP) is 4.18. The van der Waals surface area contributed by atoms with E-state index < -0.39 is 30.4 Å². The minimum Gasteiger partial charge on any atom is -0.478 e. The number of fused-ring (bicyclic) bond motifs is 3. The van der Waals surface area contributed by atoms with Crippen LogP contribution in [0.2, 0.25) is 0 Å². The van der Waals surface area contributed by atoms with E-state index in [1.807, 2.05) is 53.8 Å². The maximum Gasteiger partial charge on any atom is 0.407 e. The van der Waals surface area contributed by atoms with E-state index in [2.05, 4.69) is 5.32 Å². The number of hydrogen-bond donors (Lipinski definition) is 3. The van der Waals surface area contributed by atoms with Gasteiger partial charge in [-0.05, 0) is 39.9 Å². The molecule has 0 aliphatic heterocycles. The fourth-order valence-corrected chi connectivity index (χ4v) is 4.04. The summed E-state index contributed by atoms with van der Waals surface area (Å²) in [5.74, 6) is -6.89. The monoisotopic (exact) mass is 480 g/mol. The largest absolute Gasteiger partial charge is 0.478 e. The summed E-state index contributed by atoms with van der Waals surface area (Å²) in [6.07, 6.45) is -1.06. The number of nitrogens with one attached hydrogen (secondary N) is 2. The summed E-state index contributed by atoms with van der Waals surface area (Å²) in [5, 5.41) is 13.0. The molecule has 7 nitrogen and oxygen atoms in total. The van der Waals surface area contributed by atoms with E-state index in [-0.39, 0.29) is 24.6 Å². The van der Waals surface area contributed by atoms with Gasteiger partial charge in [0, 0.05) is 12.5 Å². The molecule has 0 saturated heterocycles. The fraction of sp³-hybridized carbons (Fsp3) is 0.192. The zero-order valence-electron chi connectivity index (χ0n) is 18.5. The average Bonchev–Trinajstić information content (AvgIpc) is 3.18. The van der Waals surface area contributed by atoms with Gasteiger partial charge in [-0.15, -0.1) is 0 Å². The molecular weight excluding hydrogens is 458 g/mol. The Labute approximate surface area is 199 Å². The molecule has 9 heteroatoms. The number of benzene rings is 3. The lowest BCUT2D eigenvalue weighted by atomic mass is 9.98. The number of aromatic carboxylic acids is 1. The lowest BCUT2D eigenvalue weighted by Crippen LogP contribution is -2.48. The van der Waals surface area contributed by atoms with Crippen LogP contribution in [0.25, 0.3) is 11.1 Å². The van der Waals surface area contributed by atoms with Gasteiger partial charge in [0.25, 0.3) is 5.91 Å². The predicted molar refractivity (Wildman–Crippen MR) is 123 cm³/mol. The minimum absolute atomic E-state index is 0.0274. The van der Waals surface area contributed by atoms with Crippen molar-refractivity contribution >= 4 is 18.0 Å². The molecule has 3 aromatic carbocycles. The van der Waals surface area contributed by atoms with E-state index in [0.29, 0.717) is 5.56 Å². The molecule has 2 amide bonds. The average molecular weight is 480 g/mol. The first kappa shape index (κ1) is 23.9. The number of hydrogen-bond acceptors (Lipinski definition) is 4. The number of halogens is 2. The molecule has 0 unspecified atom stereocenters. The van der Waals surface area contributed by atoms with Crippen LogP contribution in [0.3, 0.4) is 0 Å². The van der Waals surface area contributed by atoms with Gasteiger partial charge in [-0.1, -0.05) is 60.7 Å². The standard InChI is InChI=1S/C26H22F2N2O5/c27-26(28,24(33)29-13-16-6-5-7-17(12-16)23(31)32)15-30-25(34)35-14-22-20-10-3-1-8-18(20)19-9-2-4-11-21(19)22/h1-12,22H,13-15H2,(H,29,33)(H,30,34)(H,31,32). The smallest absolute Gasteiger partial charge is 0.407 e. The Balaban J connectivity index is 1.29. The van der Waals surface area contributed by atoms with Crippen molar-refractivity contribution in [3.8, 4) is 11.1 Å². The van der Waals surface area contributed by atoms with Gasteiger partial charge in [-0.3, -0.25) is 4.79 Å². The van der Waals surface area contributed by atoms with E-state index in [1.165, 1.54) is 24.3 Å². The fourth-order valence-electron chi connectivity index (χ4n) is 4.04. The Hall–Kier alpha value is -4.27. The third kappa shape index (κ3) is 5.29. The summed E-state index contributed by atoms with van der Waals surface area (Å²) >= 11 is 0. The third-order valence-electron chi connectivity index (χ3n) is 5.76. The molecule has 4 rings (SSSR count). The van der Waals surface area contributed by atoms with Gasteiger partial charge >= 0.3 is 18.0 Å². The Morgan fingerprint density at radius 3 is 2.14 bits per heavy atom. The number of alkyl halides is 2. The highest BCUT2D eigenvalue weighted by Crippen LogP contribution is 2.44. The number of rotatable bonds is 8. The Kier molecular flexibility index (Phi) is 6.77. The molecule has 0 spiro atoms. The molecular formula is C26H22F2N2O5. The third-order valence-corrected chi connectivity index (χ3v) is 5.76. The number of amides is 2. The van der Waals surface area contributed by atoms with Crippen LogP contribution in [-0.2, 0) is 16.1 Å². The van der Waals surface area contributed by atoms with E-state index in [0.717, 1.165) is 22.3 Å². The number of ether oxygens (including phenoxy) is 1. The topological polar surface area (TPSA) is 105 Å². The number of carboxylic acid groups (broad SMARTS) is 1. The lowest BCUT2D eigenvalue weighted by Gasteiger charge is -2.18. The number of alkyl carbamates (subject to hydrolysis) is 1. The van der Waals surface area contributed by atoms with Crippen LogP contribution in [0.4, 0.5) is 13.6 Å². The van der Waals surface area contributed by atoms with Crippen molar-refractivity contribution in [3.63, 3.8) is 0 Å². The van der Waals surface area contributed by atoms with Crippen molar-refractivity contribution in [1.82, 2.24) is 10.6 Å². The number of carboxylic acids is 1. The van der Waals surface area contributed by atoms with Gasteiger partial charge in [-0.25, -0.2) is 9.59 Å². The molecule has 0 fully saturated rings. The van der Waals surface area contributed by atoms with Gasteiger partial charge in [0.15, 0.2) is 0 Å². The number of carbonyl (C=O) groups excluding carboxylic acids is 2. The molecule has 0 aromatic heterocycles. The second kappa shape index (κ2) is 9.92.